The van der Waals surface area contributed by atoms with Crippen molar-refractivity contribution in [3.05, 3.63) is 35.9 Å². The van der Waals surface area contributed by atoms with Crippen molar-refractivity contribution in [2.24, 2.45) is 11.8 Å². The molecule has 8 heteroatoms. The van der Waals surface area contributed by atoms with Crippen LogP contribution in [0.5, 0.6) is 0 Å². The first kappa shape index (κ1) is 15.5. The number of halogens is 1. The van der Waals surface area contributed by atoms with Gasteiger partial charge in [0.25, 0.3) is 5.91 Å². The highest BCUT2D eigenvalue weighted by Gasteiger charge is 2.40. The van der Waals surface area contributed by atoms with Gasteiger partial charge in [0.15, 0.2) is 6.61 Å². The zero-order chi connectivity index (χ0) is 16.4. The summed E-state index contributed by atoms with van der Waals surface area (Å²) in [4.78, 5) is 27.5. The lowest BCUT2D eigenvalue weighted by atomic mass is 10.2. The Labute approximate surface area is 137 Å². The highest BCUT2D eigenvalue weighted by Crippen LogP contribution is 2.38. The highest BCUT2D eigenvalue weighted by atomic mass is 35.5. The van der Waals surface area contributed by atoms with Crippen LogP contribution in [0.1, 0.15) is 13.3 Å². The second-order valence-electron chi connectivity index (χ2n) is 5.48. The van der Waals surface area contributed by atoms with E-state index in [1.807, 2.05) is 6.92 Å². The van der Waals surface area contributed by atoms with Crippen molar-refractivity contribution in [3.8, 4) is 5.69 Å². The van der Waals surface area contributed by atoms with Crippen molar-refractivity contribution in [1.29, 1.82) is 0 Å². The van der Waals surface area contributed by atoms with Gasteiger partial charge in [-0.3, -0.25) is 9.59 Å². The maximum Gasteiger partial charge on any atom is 0.309 e. The summed E-state index contributed by atoms with van der Waals surface area (Å²) in [5.74, 6) is -0.484. The molecule has 0 spiro atoms. The van der Waals surface area contributed by atoms with Gasteiger partial charge in [-0.25, -0.2) is 9.67 Å². The van der Waals surface area contributed by atoms with Gasteiger partial charge < -0.3 is 10.1 Å². The molecule has 120 valence electrons. The standard InChI is InChI=1S/C15H15ClN4O3/c1-9-4-11(9)15(22)23-6-14(21)19-12-5-10(16)2-3-13(12)20-8-17-7-18-20/h2-3,5,7-9,11H,4,6H2,1H3,(H,19,21). The van der Waals surface area contributed by atoms with Gasteiger partial charge in [0, 0.05) is 5.02 Å². The molecule has 1 aliphatic carbocycles. The molecule has 1 fully saturated rings. The number of nitrogens with zero attached hydrogens (tertiary/aromatic N) is 3. The van der Waals surface area contributed by atoms with Crippen LogP contribution in [0.2, 0.25) is 5.02 Å². The fourth-order valence-electron chi connectivity index (χ4n) is 2.22. The fraction of sp³-hybridized carbons (Fsp3) is 0.333. The molecule has 1 heterocycles. The van der Waals surface area contributed by atoms with Crippen LogP contribution in [-0.4, -0.2) is 33.2 Å². The number of carbonyl (C=O) groups excluding carboxylic acids is 2. The van der Waals surface area contributed by atoms with Gasteiger partial charge in [-0.2, -0.15) is 5.10 Å². The molecule has 0 radical (unpaired) electrons. The maximum atomic E-state index is 12.0. The number of benzene rings is 1. The van der Waals surface area contributed by atoms with E-state index in [0.29, 0.717) is 22.3 Å². The van der Waals surface area contributed by atoms with Gasteiger partial charge in [0.2, 0.25) is 0 Å². The number of anilines is 1. The van der Waals surface area contributed by atoms with E-state index in [0.717, 1.165) is 6.42 Å². The molecule has 1 N–H and O–H groups in total. The molecule has 3 rings (SSSR count). The summed E-state index contributed by atoms with van der Waals surface area (Å²) in [6, 6.07) is 4.99. The second-order valence-corrected chi connectivity index (χ2v) is 5.91. The average Bonchev–Trinajstić information content (AvgIpc) is 3.01. The van der Waals surface area contributed by atoms with E-state index >= 15 is 0 Å². The van der Waals surface area contributed by atoms with Crippen molar-refractivity contribution in [1.82, 2.24) is 14.8 Å². The highest BCUT2D eigenvalue weighted by molar-refractivity contribution is 6.31. The zero-order valence-corrected chi connectivity index (χ0v) is 13.2. The SMILES string of the molecule is CC1CC1C(=O)OCC(=O)Nc1cc(Cl)ccc1-n1cncn1. The number of esters is 1. The number of nitrogens with one attached hydrogen (secondary N) is 1. The Balaban J connectivity index is 1.66. The average molecular weight is 335 g/mol. The van der Waals surface area contributed by atoms with Crippen LogP contribution in [0, 0.1) is 11.8 Å². The summed E-state index contributed by atoms with van der Waals surface area (Å²) in [5.41, 5.74) is 1.08. The van der Waals surface area contributed by atoms with Crippen LogP contribution in [-0.2, 0) is 14.3 Å². The van der Waals surface area contributed by atoms with Crippen LogP contribution in [0.3, 0.4) is 0 Å². The number of rotatable bonds is 5. The van der Waals surface area contributed by atoms with Gasteiger partial charge in [-0.15, -0.1) is 0 Å². The maximum absolute atomic E-state index is 12.0. The first-order valence-corrected chi connectivity index (χ1v) is 7.53. The molecule has 1 saturated carbocycles. The van der Waals surface area contributed by atoms with Crippen LogP contribution in [0.25, 0.3) is 5.69 Å². The summed E-state index contributed by atoms with van der Waals surface area (Å²) in [6.45, 7) is 1.65. The van der Waals surface area contributed by atoms with Gasteiger partial charge in [-0.05, 0) is 30.5 Å². The lowest BCUT2D eigenvalue weighted by Gasteiger charge is -2.11. The monoisotopic (exact) mass is 334 g/mol. The minimum atomic E-state index is -0.435. The summed E-state index contributed by atoms with van der Waals surface area (Å²) in [6.07, 6.45) is 3.72. The fourth-order valence-corrected chi connectivity index (χ4v) is 2.39. The van der Waals surface area contributed by atoms with E-state index in [-0.39, 0.29) is 18.5 Å². The van der Waals surface area contributed by atoms with E-state index < -0.39 is 5.91 Å². The number of hydrogen-bond acceptors (Lipinski definition) is 5. The Bertz CT molecular complexity index is 732. The van der Waals surface area contributed by atoms with Gasteiger partial charge in [0.1, 0.15) is 12.7 Å². The molecule has 7 nitrogen and oxygen atoms in total. The minimum absolute atomic E-state index is 0.0697. The van der Waals surface area contributed by atoms with Crippen molar-refractivity contribution in [2.75, 3.05) is 11.9 Å². The topological polar surface area (TPSA) is 86.1 Å². The molecule has 0 aliphatic heterocycles. The summed E-state index contributed by atoms with van der Waals surface area (Å²) in [7, 11) is 0. The molecular formula is C15H15ClN4O3. The van der Waals surface area contributed by atoms with Crippen LogP contribution >= 0.6 is 11.6 Å². The molecule has 23 heavy (non-hydrogen) atoms. The molecule has 1 aromatic heterocycles. The molecule has 2 unspecified atom stereocenters. The Morgan fingerprint density at radius 1 is 1.48 bits per heavy atom. The number of amides is 1. The van der Waals surface area contributed by atoms with E-state index in [9.17, 15) is 9.59 Å². The van der Waals surface area contributed by atoms with E-state index in [1.54, 1.807) is 18.2 Å². The van der Waals surface area contributed by atoms with Gasteiger partial charge in [-0.1, -0.05) is 18.5 Å². The molecule has 2 atom stereocenters. The summed E-state index contributed by atoms with van der Waals surface area (Å²) in [5, 5.41) is 7.17. The lowest BCUT2D eigenvalue weighted by molar-refractivity contribution is -0.148. The van der Waals surface area contributed by atoms with Crippen molar-refractivity contribution in [2.45, 2.75) is 13.3 Å². The predicted octanol–water partition coefficient (Wildman–Crippen LogP) is 2.06. The molecule has 1 amide bonds. The number of aromatic nitrogens is 3. The van der Waals surface area contributed by atoms with Gasteiger partial charge >= 0.3 is 5.97 Å². The van der Waals surface area contributed by atoms with Crippen LogP contribution < -0.4 is 5.32 Å². The van der Waals surface area contributed by atoms with Crippen LogP contribution in [0.4, 0.5) is 5.69 Å². The molecule has 0 saturated heterocycles. The van der Waals surface area contributed by atoms with Gasteiger partial charge in [0.05, 0.1) is 17.3 Å². The third-order valence-corrected chi connectivity index (χ3v) is 3.89. The Kier molecular flexibility index (Phi) is 4.29. The Morgan fingerprint density at radius 3 is 2.91 bits per heavy atom. The lowest BCUT2D eigenvalue weighted by Crippen LogP contribution is -2.22. The quantitative estimate of drug-likeness (QED) is 0.846. The molecule has 0 bridgehead atoms. The third-order valence-electron chi connectivity index (χ3n) is 3.66. The molecular weight excluding hydrogens is 320 g/mol. The number of ether oxygens (including phenoxy) is 1. The molecule has 2 aromatic rings. The van der Waals surface area contributed by atoms with Crippen molar-refractivity contribution < 1.29 is 14.3 Å². The number of carbonyl (C=O) groups is 2. The Morgan fingerprint density at radius 2 is 2.26 bits per heavy atom. The number of hydrogen-bond donors (Lipinski definition) is 1. The Hall–Kier alpha value is -2.41. The summed E-state index contributed by atoms with van der Waals surface area (Å²) >= 11 is 5.97. The normalized spacial score (nSPS) is 19.2. The first-order valence-electron chi connectivity index (χ1n) is 7.15. The van der Waals surface area contributed by atoms with Crippen LogP contribution in [0.15, 0.2) is 30.9 Å². The van der Waals surface area contributed by atoms with E-state index in [4.69, 9.17) is 16.3 Å². The summed E-state index contributed by atoms with van der Waals surface area (Å²) < 4.78 is 6.52. The second kappa shape index (κ2) is 6.37. The van der Waals surface area contributed by atoms with Crippen molar-refractivity contribution in [3.63, 3.8) is 0 Å². The zero-order valence-electron chi connectivity index (χ0n) is 12.4. The van der Waals surface area contributed by atoms with E-state index in [1.165, 1.54) is 17.3 Å². The third kappa shape index (κ3) is 3.68. The predicted molar refractivity (Wildman–Crippen MR) is 83.2 cm³/mol. The first-order chi connectivity index (χ1) is 11.0. The smallest absolute Gasteiger partial charge is 0.309 e. The largest absolute Gasteiger partial charge is 0.455 e. The molecule has 1 aliphatic rings. The van der Waals surface area contributed by atoms with E-state index in [2.05, 4.69) is 15.4 Å². The van der Waals surface area contributed by atoms with Crippen molar-refractivity contribution >= 4 is 29.2 Å². The minimum Gasteiger partial charge on any atom is -0.455 e. The molecule has 1 aromatic carbocycles.